The van der Waals surface area contributed by atoms with Crippen molar-refractivity contribution < 1.29 is 13.2 Å². The summed E-state index contributed by atoms with van der Waals surface area (Å²) in [4.78, 5) is 0. The van der Waals surface area contributed by atoms with Crippen LogP contribution in [0.5, 0.6) is 0 Å². The van der Waals surface area contributed by atoms with Crippen LogP contribution in [0.15, 0.2) is 24.3 Å². The lowest BCUT2D eigenvalue weighted by atomic mass is 10.1. The smallest absolute Gasteiger partial charge is 0.303 e. The molecule has 2 aromatic rings. The summed E-state index contributed by atoms with van der Waals surface area (Å²) in [6.45, 7) is 0. The third-order valence-corrected chi connectivity index (χ3v) is 3.11. The minimum Gasteiger partial charge on any atom is -0.303 e. The van der Waals surface area contributed by atoms with E-state index in [1.165, 1.54) is 10.7 Å². The van der Waals surface area contributed by atoms with Gasteiger partial charge in [-0.1, -0.05) is 12.1 Å². The molecule has 0 atom stereocenters. The van der Waals surface area contributed by atoms with Gasteiger partial charge in [-0.15, -0.1) is 0 Å². The molecule has 1 heterocycles. The fourth-order valence-corrected chi connectivity index (χ4v) is 1.77. The van der Waals surface area contributed by atoms with Crippen LogP contribution in [0.4, 0.5) is 13.2 Å². The SMILES string of the molecule is Cn1nc(-c2cccc(C(F)(F)F)c2)n(C)c1=S. The van der Waals surface area contributed by atoms with Gasteiger partial charge in [-0.3, -0.25) is 0 Å². The molecule has 96 valence electrons. The second-order valence-corrected chi connectivity index (χ2v) is 4.23. The molecule has 0 saturated heterocycles. The molecule has 0 spiro atoms. The highest BCUT2D eigenvalue weighted by molar-refractivity contribution is 7.71. The summed E-state index contributed by atoms with van der Waals surface area (Å²) in [6.07, 6.45) is -4.36. The maximum absolute atomic E-state index is 12.6. The summed E-state index contributed by atoms with van der Waals surface area (Å²) >= 11 is 5.06. The Bertz CT molecular complexity index is 640. The normalized spacial score (nSPS) is 11.8. The lowest BCUT2D eigenvalue weighted by molar-refractivity contribution is -0.137. The van der Waals surface area contributed by atoms with E-state index < -0.39 is 11.7 Å². The van der Waals surface area contributed by atoms with Gasteiger partial charge in [-0.2, -0.15) is 18.3 Å². The second-order valence-electron chi connectivity index (χ2n) is 3.87. The molecule has 0 N–H and O–H groups in total. The zero-order valence-corrected chi connectivity index (χ0v) is 10.5. The molecule has 0 fully saturated rings. The van der Waals surface area contributed by atoms with Crippen LogP contribution in [0.25, 0.3) is 11.4 Å². The fraction of sp³-hybridized carbons (Fsp3) is 0.273. The Balaban J connectivity index is 2.58. The Morgan fingerprint density at radius 2 is 1.89 bits per heavy atom. The maximum atomic E-state index is 12.6. The molecule has 2 rings (SSSR count). The first-order valence-corrected chi connectivity index (χ1v) is 5.49. The number of benzene rings is 1. The average Bonchev–Trinajstić information content (AvgIpc) is 2.56. The molecule has 1 aromatic heterocycles. The molecule has 18 heavy (non-hydrogen) atoms. The van der Waals surface area contributed by atoms with Gasteiger partial charge in [0.15, 0.2) is 10.6 Å². The van der Waals surface area contributed by atoms with E-state index in [2.05, 4.69) is 5.10 Å². The zero-order chi connectivity index (χ0) is 13.5. The number of alkyl halides is 3. The van der Waals surface area contributed by atoms with E-state index in [1.54, 1.807) is 24.7 Å². The Morgan fingerprint density at radius 1 is 1.22 bits per heavy atom. The van der Waals surface area contributed by atoms with E-state index in [1.807, 2.05) is 0 Å². The molecular weight excluding hydrogens is 263 g/mol. The minimum absolute atomic E-state index is 0.388. The van der Waals surface area contributed by atoms with Crippen LogP contribution in [0.1, 0.15) is 5.56 Å². The number of nitrogens with zero attached hydrogens (tertiary/aromatic N) is 3. The Morgan fingerprint density at radius 3 is 2.39 bits per heavy atom. The number of rotatable bonds is 1. The monoisotopic (exact) mass is 273 g/mol. The summed E-state index contributed by atoms with van der Waals surface area (Å²) in [5.74, 6) is 0.411. The van der Waals surface area contributed by atoms with Crippen LogP contribution in [-0.2, 0) is 20.3 Å². The summed E-state index contributed by atoms with van der Waals surface area (Å²) in [6, 6.07) is 5.03. The highest BCUT2D eigenvalue weighted by atomic mass is 32.1. The van der Waals surface area contributed by atoms with Gasteiger partial charge >= 0.3 is 6.18 Å². The Kier molecular flexibility index (Phi) is 3.02. The average molecular weight is 273 g/mol. The van der Waals surface area contributed by atoms with Crippen molar-refractivity contribution in [2.45, 2.75) is 6.18 Å². The molecular formula is C11H10F3N3S. The maximum Gasteiger partial charge on any atom is 0.416 e. The van der Waals surface area contributed by atoms with Crippen molar-refractivity contribution in [3.63, 3.8) is 0 Å². The topological polar surface area (TPSA) is 22.8 Å². The van der Waals surface area contributed by atoms with Crippen LogP contribution < -0.4 is 0 Å². The van der Waals surface area contributed by atoms with Crippen molar-refractivity contribution in [3.8, 4) is 11.4 Å². The van der Waals surface area contributed by atoms with Gasteiger partial charge in [0.2, 0.25) is 0 Å². The molecule has 0 saturated carbocycles. The first-order valence-electron chi connectivity index (χ1n) is 5.08. The van der Waals surface area contributed by atoms with Crippen LogP contribution in [0.2, 0.25) is 0 Å². The van der Waals surface area contributed by atoms with E-state index >= 15 is 0 Å². The minimum atomic E-state index is -4.36. The van der Waals surface area contributed by atoms with E-state index in [4.69, 9.17) is 12.2 Å². The van der Waals surface area contributed by atoms with Gasteiger partial charge in [0, 0.05) is 19.7 Å². The van der Waals surface area contributed by atoms with Gasteiger partial charge < -0.3 is 4.57 Å². The predicted molar refractivity (Wildman–Crippen MR) is 63.5 cm³/mol. The first-order chi connectivity index (χ1) is 8.30. The van der Waals surface area contributed by atoms with Crippen LogP contribution >= 0.6 is 12.2 Å². The molecule has 7 heteroatoms. The van der Waals surface area contributed by atoms with Crippen molar-refractivity contribution in [3.05, 3.63) is 34.6 Å². The van der Waals surface area contributed by atoms with Gasteiger partial charge in [0.25, 0.3) is 0 Å². The second kappa shape index (κ2) is 4.24. The van der Waals surface area contributed by atoms with Gasteiger partial charge in [0.1, 0.15) is 0 Å². The van der Waals surface area contributed by atoms with Gasteiger partial charge in [-0.25, -0.2) is 4.68 Å². The summed E-state index contributed by atoms with van der Waals surface area (Å²) in [7, 11) is 3.32. The predicted octanol–water partition coefficient (Wildman–Crippen LogP) is 3.17. The molecule has 3 nitrogen and oxygen atoms in total. The van der Waals surface area contributed by atoms with Crippen LogP contribution in [0.3, 0.4) is 0 Å². The molecule has 0 radical (unpaired) electrons. The van der Waals surface area contributed by atoms with Gasteiger partial charge in [0.05, 0.1) is 5.56 Å². The van der Waals surface area contributed by atoms with Crippen LogP contribution in [0, 0.1) is 4.77 Å². The van der Waals surface area contributed by atoms with Crippen LogP contribution in [-0.4, -0.2) is 14.3 Å². The third kappa shape index (κ3) is 2.17. The Hall–Kier alpha value is -1.63. The van der Waals surface area contributed by atoms with Gasteiger partial charge in [-0.05, 0) is 24.4 Å². The molecule has 0 bridgehead atoms. The molecule has 0 amide bonds. The van der Waals surface area contributed by atoms with Crippen molar-refractivity contribution in [1.29, 1.82) is 0 Å². The Labute approximate surface area is 106 Å². The van der Waals surface area contributed by atoms with E-state index in [0.717, 1.165) is 12.1 Å². The molecule has 0 aliphatic carbocycles. The highest BCUT2D eigenvalue weighted by Gasteiger charge is 2.30. The quantitative estimate of drug-likeness (QED) is 0.745. The molecule has 1 aromatic carbocycles. The molecule has 0 aliphatic rings. The number of hydrogen-bond acceptors (Lipinski definition) is 2. The van der Waals surface area contributed by atoms with E-state index in [9.17, 15) is 13.2 Å². The largest absolute Gasteiger partial charge is 0.416 e. The van der Waals surface area contributed by atoms with E-state index in [0.29, 0.717) is 16.2 Å². The lowest BCUT2D eigenvalue weighted by Gasteiger charge is -2.08. The number of aryl methyl sites for hydroxylation is 1. The number of hydrogen-bond donors (Lipinski definition) is 0. The summed E-state index contributed by atoms with van der Waals surface area (Å²) in [5, 5.41) is 4.11. The standard InChI is InChI=1S/C11H10F3N3S/c1-16-9(15-17(2)10(16)18)7-4-3-5-8(6-7)11(12,13)14/h3-6H,1-2H3. The zero-order valence-electron chi connectivity index (χ0n) is 9.69. The van der Waals surface area contributed by atoms with Crippen molar-refractivity contribution >= 4 is 12.2 Å². The fourth-order valence-electron chi connectivity index (χ4n) is 1.65. The van der Waals surface area contributed by atoms with Crippen molar-refractivity contribution in [2.24, 2.45) is 14.1 Å². The summed E-state index contributed by atoms with van der Waals surface area (Å²) in [5.41, 5.74) is -0.310. The molecule has 0 aliphatic heterocycles. The third-order valence-electron chi connectivity index (χ3n) is 2.57. The van der Waals surface area contributed by atoms with E-state index in [-0.39, 0.29) is 0 Å². The molecule has 0 unspecified atom stereocenters. The first kappa shape index (κ1) is 12.8. The lowest BCUT2D eigenvalue weighted by Crippen LogP contribution is -2.05. The summed E-state index contributed by atoms with van der Waals surface area (Å²) < 4.78 is 41.3. The highest BCUT2D eigenvalue weighted by Crippen LogP contribution is 2.31. The van der Waals surface area contributed by atoms with Crippen molar-refractivity contribution in [1.82, 2.24) is 14.3 Å². The number of halogens is 3. The number of aromatic nitrogens is 3. The van der Waals surface area contributed by atoms with Crippen molar-refractivity contribution in [2.75, 3.05) is 0 Å².